The lowest BCUT2D eigenvalue weighted by molar-refractivity contribution is 0.0753. The highest BCUT2D eigenvalue weighted by Gasteiger charge is 2.32. The molecule has 0 N–H and O–H groups in total. The number of hydrogen-bond acceptors (Lipinski definition) is 2. The first-order valence-electron chi connectivity index (χ1n) is 5.51. The molecule has 0 spiro atoms. The highest BCUT2D eigenvalue weighted by Crippen LogP contribution is 2.28. The maximum atomic E-state index is 12.2. The monoisotopic (exact) mass is 238 g/mol. The molecular weight excluding hydrogens is 224 g/mol. The van der Waals surface area contributed by atoms with Crippen LogP contribution >= 0.6 is 11.6 Å². The highest BCUT2D eigenvalue weighted by atomic mass is 35.5. The van der Waals surface area contributed by atoms with Gasteiger partial charge in [-0.2, -0.15) is 0 Å². The van der Waals surface area contributed by atoms with Crippen LogP contribution in [-0.4, -0.2) is 34.3 Å². The molecular formula is C12H15ClN2O. The Hall–Kier alpha value is -1.09. The first-order valence-corrected chi connectivity index (χ1v) is 6.04. The third-order valence-corrected chi connectivity index (χ3v) is 2.86. The predicted molar refractivity (Wildman–Crippen MR) is 63.8 cm³/mol. The van der Waals surface area contributed by atoms with E-state index in [2.05, 4.69) is 4.98 Å². The fourth-order valence-corrected chi connectivity index (χ4v) is 1.95. The van der Waals surface area contributed by atoms with Gasteiger partial charge in [-0.3, -0.25) is 9.78 Å². The minimum atomic E-state index is 0.0550. The van der Waals surface area contributed by atoms with E-state index in [0.29, 0.717) is 24.0 Å². The molecule has 0 saturated heterocycles. The zero-order chi connectivity index (χ0) is 11.5. The van der Waals surface area contributed by atoms with Gasteiger partial charge in [-0.25, -0.2) is 0 Å². The maximum Gasteiger partial charge on any atom is 0.255 e. The van der Waals surface area contributed by atoms with Crippen LogP contribution in [0.1, 0.15) is 28.8 Å². The lowest BCUT2D eigenvalue weighted by atomic mass is 10.2. The van der Waals surface area contributed by atoms with Crippen molar-refractivity contribution in [3.63, 3.8) is 0 Å². The third-order valence-electron chi connectivity index (χ3n) is 2.70. The molecule has 86 valence electrons. The summed E-state index contributed by atoms with van der Waals surface area (Å²) in [6, 6.07) is 2.27. The van der Waals surface area contributed by atoms with Crippen molar-refractivity contribution >= 4 is 17.5 Å². The standard InChI is InChI=1S/C12H15ClN2O/c1-9-6-10(8-14-7-9)12(16)15(5-4-13)11-2-3-11/h6-8,11H,2-5H2,1H3. The molecule has 0 bridgehead atoms. The second-order valence-electron chi connectivity index (χ2n) is 4.17. The number of nitrogens with zero attached hydrogens (tertiary/aromatic N) is 2. The number of carbonyl (C=O) groups excluding carboxylic acids is 1. The van der Waals surface area contributed by atoms with Crippen molar-refractivity contribution in [2.24, 2.45) is 0 Å². The van der Waals surface area contributed by atoms with E-state index in [9.17, 15) is 4.79 Å². The molecule has 0 unspecified atom stereocenters. The Morgan fingerprint density at radius 1 is 1.56 bits per heavy atom. The van der Waals surface area contributed by atoms with Gasteiger partial charge in [0.25, 0.3) is 5.91 Å². The van der Waals surface area contributed by atoms with Crippen LogP contribution in [0.3, 0.4) is 0 Å². The fraction of sp³-hybridized carbons (Fsp3) is 0.500. The van der Waals surface area contributed by atoms with E-state index in [1.165, 1.54) is 0 Å². The summed E-state index contributed by atoms with van der Waals surface area (Å²) in [5.41, 5.74) is 1.67. The first kappa shape index (κ1) is 11.4. The topological polar surface area (TPSA) is 33.2 Å². The number of alkyl halides is 1. The van der Waals surface area contributed by atoms with Crippen molar-refractivity contribution in [1.82, 2.24) is 9.88 Å². The van der Waals surface area contributed by atoms with Gasteiger partial charge < -0.3 is 4.90 Å². The summed E-state index contributed by atoms with van der Waals surface area (Å²) >= 11 is 5.72. The van der Waals surface area contributed by atoms with Gasteiger partial charge in [0.2, 0.25) is 0 Å². The van der Waals surface area contributed by atoms with Crippen molar-refractivity contribution in [3.8, 4) is 0 Å². The van der Waals surface area contributed by atoms with E-state index >= 15 is 0 Å². The zero-order valence-corrected chi connectivity index (χ0v) is 10.1. The lowest BCUT2D eigenvalue weighted by Gasteiger charge is -2.21. The Kier molecular flexibility index (Phi) is 3.44. The number of pyridine rings is 1. The fourth-order valence-electron chi connectivity index (χ4n) is 1.76. The molecule has 1 aromatic rings. The number of aryl methyl sites for hydroxylation is 1. The second-order valence-corrected chi connectivity index (χ2v) is 4.55. The summed E-state index contributed by atoms with van der Waals surface area (Å²) in [4.78, 5) is 18.1. The van der Waals surface area contributed by atoms with Crippen LogP contribution < -0.4 is 0 Å². The van der Waals surface area contributed by atoms with Crippen LogP contribution in [0, 0.1) is 6.92 Å². The molecule has 0 aromatic carbocycles. The van der Waals surface area contributed by atoms with Gasteiger partial charge in [-0.1, -0.05) is 0 Å². The van der Waals surface area contributed by atoms with Gasteiger partial charge in [0, 0.05) is 30.9 Å². The normalized spacial score (nSPS) is 14.9. The average Bonchev–Trinajstić information content (AvgIpc) is 3.09. The molecule has 1 aliphatic rings. The Labute approximate surface area is 100 Å². The Balaban J connectivity index is 2.15. The van der Waals surface area contributed by atoms with Gasteiger partial charge in [0.05, 0.1) is 5.56 Å². The van der Waals surface area contributed by atoms with E-state index < -0.39 is 0 Å². The SMILES string of the molecule is Cc1cncc(C(=O)N(CCCl)C2CC2)c1. The van der Waals surface area contributed by atoms with Gasteiger partial charge in [0.1, 0.15) is 0 Å². The average molecular weight is 239 g/mol. The van der Waals surface area contributed by atoms with Crippen molar-refractivity contribution in [2.75, 3.05) is 12.4 Å². The summed E-state index contributed by atoms with van der Waals surface area (Å²) in [7, 11) is 0. The number of amides is 1. The lowest BCUT2D eigenvalue weighted by Crippen LogP contribution is -2.34. The molecule has 0 atom stereocenters. The molecule has 1 amide bonds. The summed E-state index contributed by atoms with van der Waals surface area (Å²) in [5.74, 6) is 0.543. The molecule has 16 heavy (non-hydrogen) atoms. The van der Waals surface area contributed by atoms with Crippen molar-refractivity contribution in [2.45, 2.75) is 25.8 Å². The van der Waals surface area contributed by atoms with Crippen LogP contribution in [-0.2, 0) is 0 Å². The van der Waals surface area contributed by atoms with E-state index in [0.717, 1.165) is 18.4 Å². The first-order chi connectivity index (χ1) is 7.72. The largest absolute Gasteiger partial charge is 0.334 e. The number of rotatable bonds is 4. The predicted octanol–water partition coefficient (Wildman–Crippen LogP) is 2.23. The van der Waals surface area contributed by atoms with Gasteiger partial charge >= 0.3 is 0 Å². The second kappa shape index (κ2) is 4.83. The van der Waals surface area contributed by atoms with Gasteiger partial charge in [-0.05, 0) is 31.4 Å². The number of hydrogen-bond donors (Lipinski definition) is 0. The quantitative estimate of drug-likeness (QED) is 0.754. The van der Waals surface area contributed by atoms with E-state index in [1.54, 1.807) is 12.4 Å². The minimum absolute atomic E-state index is 0.0550. The molecule has 1 aromatic heterocycles. The number of aromatic nitrogens is 1. The molecule has 1 saturated carbocycles. The molecule has 4 heteroatoms. The summed E-state index contributed by atoms with van der Waals surface area (Å²) < 4.78 is 0. The molecule has 1 heterocycles. The van der Waals surface area contributed by atoms with E-state index in [1.807, 2.05) is 17.9 Å². The van der Waals surface area contributed by atoms with E-state index in [4.69, 9.17) is 11.6 Å². The minimum Gasteiger partial charge on any atom is -0.334 e. The number of halogens is 1. The Morgan fingerprint density at radius 3 is 2.88 bits per heavy atom. The van der Waals surface area contributed by atoms with Crippen molar-refractivity contribution in [1.29, 1.82) is 0 Å². The Morgan fingerprint density at radius 2 is 2.31 bits per heavy atom. The van der Waals surface area contributed by atoms with Crippen LogP contribution in [0.4, 0.5) is 0 Å². The summed E-state index contributed by atoms with van der Waals surface area (Å²) in [5, 5.41) is 0. The zero-order valence-electron chi connectivity index (χ0n) is 9.32. The van der Waals surface area contributed by atoms with Crippen LogP contribution in [0.15, 0.2) is 18.5 Å². The smallest absolute Gasteiger partial charge is 0.255 e. The third kappa shape index (κ3) is 2.53. The molecule has 1 fully saturated rings. The van der Waals surface area contributed by atoms with Crippen molar-refractivity contribution in [3.05, 3.63) is 29.6 Å². The van der Waals surface area contributed by atoms with Gasteiger partial charge in [0.15, 0.2) is 0 Å². The summed E-state index contributed by atoms with van der Waals surface area (Å²) in [6.07, 6.45) is 5.57. The van der Waals surface area contributed by atoms with Crippen LogP contribution in [0.5, 0.6) is 0 Å². The van der Waals surface area contributed by atoms with Crippen molar-refractivity contribution < 1.29 is 4.79 Å². The number of carbonyl (C=O) groups is 1. The maximum absolute atomic E-state index is 12.2. The van der Waals surface area contributed by atoms with Gasteiger partial charge in [-0.15, -0.1) is 11.6 Å². The Bertz CT molecular complexity index is 390. The van der Waals surface area contributed by atoms with Crippen LogP contribution in [0.25, 0.3) is 0 Å². The highest BCUT2D eigenvalue weighted by molar-refractivity contribution is 6.18. The molecule has 0 aliphatic heterocycles. The molecule has 1 aliphatic carbocycles. The molecule has 0 radical (unpaired) electrons. The molecule has 3 nitrogen and oxygen atoms in total. The summed E-state index contributed by atoms with van der Waals surface area (Å²) in [6.45, 7) is 2.56. The van der Waals surface area contributed by atoms with E-state index in [-0.39, 0.29) is 5.91 Å². The molecule has 2 rings (SSSR count). The van der Waals surface area contributed by atoms with Crippen LogP contribution in [0.2, 0.25) is 0 Å².